The number of aliphatic imine (C=N–C) groups is 2. The predicted molar refractivity (Wildman–Crippen MR) is 141 cm³/mol. The largest absolute Gasteiger partial charge is 0.329 e. The average molecular weight is 456 g/mol. The van der Waals surface area contributed by atoms with E-state index in [1.165, 1.54) is 24.0 Å². The topological polar surface area (TPSA) is 77.8 Å². The second-order valence-electron chi connectivity index (χ2n) is 9.73. The van der Waals surface area contributed by atoms with Crippen molar-refractivity contribution in [3.63, 3.8) is 0 Å². The van der Waals surface area contributed by atoms with Crippen molar-refractivity contribution in [2.24, 2.45) is 27.6 Å². The molecule has 3 aliphatic rings. The summed E-state index contributed by atoms with van der Waals surface area (Å²) in [5, 5.41) is 9.64. The Hall–Kier alpha value is -2.81. The van der Waals surface area contributed by atoms with Crippen LogP contribution >= 0.6 is 0 Å². The highest BCUT2D eigenvalue weighted by molar-refractivity contribution is 6.14. The zero-order valence-electron chi connectivity index (χ0n) is 20.6. The fourth-order valence-corrected chi connectivity index (χ4v) is 5.91. The molecule has 0 bridgehead atoms. The fourth-order valence-electron chi connectivity index (χ4n) is 5.91. The Bertz CT molecular complexity index is 1090. The molecule has 1 aromatic rings. The van der Waals surface area contributed by atoms with Crippen molar-refractivity contribution in [1.82, 2.24) is 4.90 Å². The quantitative estimate of drug-likeness (QED) is 0.371. The van der Waals surface area contributed by atoms with Gasteiger partial charge in [0, 0.05) is 49.3 Å². The second-order valence-corrected chi connectivity index (χ2v) is 9.73. The molecule has 1 aliphatic heterocycles. The van der Waals surface area contributed by atoms with Gasteiger partial charge in [-0.2, -0.15) is 5.26 Å². The zero-order chi connectivity index (χ0) is 24.1. The van der Waals surface area contributed by atoms with Crippen LogP contribution in [0.2, 0.25) is 0 Å². The maximum atomic E-state index is 9.64. The Morgan fingerprint density at radius 1 is 1.38 bits per heavy atom. The summed E-state index contributed by atoms with van der Waals surface area (Å²) < 4.78 is 0. The molecule has 4 rings (SSSR count). The van der Waals surface area contributed by atoms with Crippen LogP contribution in [0.25, 0.3) is 0 Å². The van der Waals surface area contributed by atoms with E-state index in [1.54, 1.807) is 0 Å². The van der Waals surface area contributed by atoms with Crippen LogP contribution in [0, 0.1) is 23.2 Å². The van der Waals surface area contributed by atoms with E-state index in [2.05, 4.69) is 59.8 Å². The number of benzene rings is 1. The molecule has 3 unspecified atom stereocenters. The van der Waals surface area contributed by atoms with Gasteiger partial charge >= 0.3 is 0 Å². The predicted octanol–water partition coefficient (Wildman–Crippen LogP) is 4.59. The summed E-state index contributed by atoms with van der Waals surface area (Å²) in [7, 11) is 1.84. The van der Waals surface area contributed by atoms with Gasteiger partial charge in [-0.25, -0.2) is 4.99 Å². The third-order valence-electron chi connectivity index (χ3n) is 7.69. The first-order valence-corrected chi connectivity index (χ1v) is 12.6. The lowest BCUT2D eigenvalue weighted by molar-refractivity contribution is 0.316. The van der Waals surface area contributed by atoms with Gasteiger partial charge in [-0.3, -0.25) is 4.99 Å². The number of nitrogens with zero attached hydrogens (tertiary/aromatic N) is 4. The van der Waals surface area contributed by atoms with E-state index >= 15 is 0 Å². The maximum Gasteiger partial charge on any atom is 0.154 e. The number of amidine groups is 1. The molecule has 3 atom stereocenters. The van der Waals surface area contributed by atoms with Crippen LogP contribution in [0.3, 0.4) is 0 Å². The molecule has 1 spiro atoms. The molecule has 0 aromatic heterocycles. The van der Waals surface area contributed by atoms with Gasteiger partial charge in [0.2, 0.25) is 0 Å². The Labute approximate surface area is 204 Å². The van der Waals surface area contributed by atoms with E-state index in [0.717, 1.165) is 68.1 Å². The van der Waals surface area contributed by atoms with E-state index < -0.39 is 0 Å². The van der Waals surface area contributed by atoms with Gasteiger partial charge in [0.05, 0.1) is 12.0 Å². The van der Waals surface area contributed by atoms with E-state index in [1.807, 2.05) is 19.2 Å². The molecular formula is C29H37N5. The molecule has 5 nitrogen and oxygen atoms in total. The minimum Gasteiger partial charge on any atom is -0.329 e. The van der Waals surface area contributed by atoms with Crippen molar-refractivity contribution in [2.45, 2.75) is 44.4 Å². The molecule has 1 saturated heterocycles. The average Bonchev–Trinajstić information content (AvgIpc) is 3.45. The Kier molecular flexibility index (Phi) is 7.60. The van der Waals surface area contributed by atoms with Crippen molar-refractivity contribution in [3.8, 4) is 6.07 Å². The SMILES string of the molecule is C=CC1C=CC(C(CCC)=NC(=NC)c2cccc3c2CCC32CCN(CCN)C2)=CC1C#N. The number of allylic oxidation sites excluding steroid dienone is 5. The number of fused-ring (bicyclic) bond motifs is 2. The number of rotatable bonds is 7. The third kappa shape index (κ3) is 4.58. The zero-order valence-corrected chi connectivity index (χ0v) is 20.6. The highest BCUT2D eigenvalue weighted by atomic mass is 15.2. The van der Waals surface area contributed by atoms with E-state index in [9.17, 15) is 5.26 Å². The summed E-state index contributed by atoms with van der Waals surface area (Å²) in [6, 6.07) is 9.08. The molecule has 34 heavy (non-hydrogen) atoms. The van der Waals surface area contributed by atoms with Crippen molar-refractivity contribution in [2.75, 3.05) is 33.2 Å². The summed E-state index contributed by atoms with van der Waals surface area (Å²) in [5.74, 6) is 0.638. The van der Waals surface area contributed by atoms with Crippen LogP contribution in [-0.4, -0.2) is 49.7 Å². The summed E-state index contributed by atoms with van der Waals surface area (Å²) >= 11 is 0. The van der Waals surface area contributed by atoms with Crippen LogP contribution in [0.4, 0.5) is 0 Å². The van der Waals surface area contributed by atoms with Gasteiger partial charge in [0.25, 0.3) is 0 Å². The van der Waals surface area contributed by atoms with E-state index in [4.69, 9.17) is 10.7 Å². The maximum absolute atomic E-state index is 9.64. The first kappa shape index (κ1) is 24.3. The van der Waals surface area contributed by atoms with Crippen LogP contribution in [0.15, 0.2) is 64.6 Å². The normalized spacial score (nSPS) is 27.1. The van der Waals surface area contributed by atoms with E-state index in [0.29, 0.717) is 0 Å². The standard InChI is InChI=1S/C29H37N5/c1-4-7-27(22-11-10-21(5-2)23(18-22)19-31)33-28(32-3)25-8-6-9-26-24(25)12-13-29(26)14-16-34(20-29)17-15-30/h5-6,8-11,18,21,23H,2,4,7,12-17,20,30H2,1,3H3. The van der Waals surface area contributed by atoms with Crippen LogP contribution < -0.4 is 5.73 Å². The molecule has 1 aromatic carbocycles. The third-order valence-corrected chi connectivity index (χ3v) is 7.69. The van der Waals surface area contributed by atoms with Crippen molar-refractivity contribution in [3.05, 3.63) is 71.3 Å². The molecule has 178 valence electrons. The van der Waals surface area contributed by atoms with Crippen LogP contribution in [0.5, 0.6) is 0 Å². The second kappa shape index (κ2) is 10.6. The van der Waals surface area contributed by atoms with Gasteiger partial charge in [0.1, 0.15) is 0 Å². The number of hydrogen-bond donors (Lipinski definition) is 1. The Morgan fingerprint density at radius 3 is 2.94 bits per heavy atom. The molecular weight excluding hydrogens is 418 g/mol. The smallest absolute Gasteiger partial charge is 0.154 e. The first-order chi connectivity index (χ1) is 16.6. The number of nitrogens with two attached hydrogens (primary N) is 1. The lowest BCUT2D eigenvalue weighted by Gasteiger charge is -2.26. The number of hydrogen-bond acceptors (Lipinski definition) is 4. The molecule has 2 aliphatic carbocycles. The minimum absolute atomic E-state index is 0.0507. The molecule has 5 heteroatoms. The Morgan fingerprint density at radius 2 is 2.24 bits per heavy atom. The summed E-state index contributed by atoms with van der Waals surface area (Å²) in [6.45, 7) is 9.96. The fraction of sp³-hybridized carbons (Fsp3) is 0.483. The molecule has 1 heterocycles. The van der Waals surface area contributed by atoms with Gasteiger partial charge < -0.3 is 10.6 Å². The van der Waals surface area contributed by atoms with Gasteiger partial charge in [-0.05, 0) is 48.9 Å². The monoisotopic (exact) mass is 455 g/mol. The van der Waals surface area contributed by atoms with Crippen molar-refractivity contribution in [1.29, 1.82) is 5.26 Å². The van der Waals surface area contributed by atoms with Gasteiger partial charge in [-0.1, -0.05) is 55.8 Å². The summed E-state index contributed by atoms with van der Waals surface area (Å²) in [5.41, 5.74) is 12.2. The van der Waals surface area contributed by atoms with Gasteiger partial charge in [-0.15, -0.1) is 6.58 Å². The van der Waals surface area contributed by atoms with Crippen LogP contribution in [-0.2, 0) is 11.8 Å². The number of likely N-dealkylation sites (tertiary alicyclic amines) is 1. The molecule has 0 radical (unpaired) electrons. The van der Waals surface area contributed by atoms with Crippen LogP contribution in [0.1, 0.15) is 49.3 Å². The molecule has 2 N–H and O–H groups in total. The molecule has 0 saturated carbocycles. The minimum atomic E-state index is -0.207. The highest BCUT2D eigenvalue weighted by Crippen LogP contribution is 2.46. The lowest BCUT2D eigenvalue weighted by Crippen LogP contribution is -2.32. The first-order valence-electron chi connectivity index (χ1n) is 12.6. The summed E-state index contributed by atoms with van der Waals surface area (Å²) in [4.78, 5) is 12.3. The summed E-state index contributed by atoms with van der Waals surface area (Å²) in [6.07, 6.45) is 13.3. The molecule has 0 amide bonds. The number of nitriles is 1. The highest BCUT2D eigenvalue weighted by Gasteiger charge is 2.44. The van der Waals surface area contributed by atoms with Crippen molar-refractivity contribution < 1.29 is 0 Å². The van der Waals surface area contributed by atoms with Crippen molar-refractivity contribution >= 4 is 11.5 Å². The van der Waals surface area contributed by atoms with E-state index in [-0.39, 0.29) is 17.3 Å². The Balaban J connectivity index is 1.68. The lowest BCUT2D eigenvalue weighted by atomic mass is 9.81. The molecule has 1 fully saturated rings. The van der Waals surface area contributed by atoms with Gasteiger partial charge in [0.15, 0.2) is 5.84 Å².